The molecule has 1 fully saturated rings. The molecule has 10 heteroatoms. The molecule has 4 rings (SSSR count). The Morgan fingerprint density at radius 3 is 2.37 bits per heavy atom. The van der Waals surface area contributed by atoms with Gasteiger partial charge in [0.05, 0.1) is 0 Å². The highest BCUT2D eigenvalue weighted by Crippen LogP contribution is 2.24. The highest BCUT2D eigenvalue weighted by molar-refractivity contribution is 7.90. The van der Waals surface area contributed by atoms with Crippen molar-refractivity contribution in [2.75, 3.05) is 42.2 Å². The van der Waals surface area contributed by atoms with E-state index in [9.17, 15) is 8.42 Å². The number of hydrogen-bond donors (Lipinski definition) is 0. The van der Waals surface area contributed by atoms with Crippen molar-refractivity contribution in [3.05, 3.63) is 49.2 Å². The molecule has 0 saturated carbocycles. The van der Waals surface area contributed by atoms with E-state index in [0.717, 1.165) is 5.82 Å². The van der Waals surface area contributed by atoms with Gasteiger partial charge in [-0.3, -0.25) is 0 Å². The van der Waals surface area contributed by atoms with Gasteiger partial charge in [-0.1, -0.05) is 0 Å². The monoisotopic (exact) mass is 385 g/mol. The Kier molecular flexibility index (Phi) is 4.48. The summed E-state index contributed by atoms with van der Waals surface area (Å²) in [6.45, 7) is 2.71. The minimum absolute atomic E-state index is 0.265. The zero-order chi connectivity index (χ0) is 18.9. The van der Waals surface area contributed by atoms with Gasteiger partial charge in [0.1, 0.15) is 22.9 Å². The fourth-order valence-electron chi connectivity index (χ4n) is 3.10. The number of aromatic nitrogens is 5. The highest BCUT2D eigenvalue weighted by atomic mass is 32.2. The van der Waals surface area contributed by atoms with Gasteiger partial charge in [-0.2, -0.15) is 5.10 Å². The molecule has 3 aromatic heterocycles. The summed E-state index contributed by atoms with van der Waals surface area (Å²) in [5.74, 6) is 2.04. The Balaban J connectivity index is 1.51. The molecule has 0 radical (unpaired) electrons. The maximum absolute atomic E-state index is 12.0. The van der Waals surface area contributed by atoms with Crippen molar-refractivity contribution in [3.63, 3.8) is 0 Å². The van der Waals surface area contributed by atoms with Crippen LogP contribution in [0.2, 0.25) is 0 Å². The van der Waals surface area contributed by atoms with Crippen molar-refractivity contribution in [1.82, 2.24) is 24.7 Å². The summed E-state index contributed by atoms with van der Waals surface area (Å²) in [6.07, 6.45) is 7.89. The van der Waals surface area contributed by atoms with Gasteiger partial charge >= 0.3 is 0 Å². The predicted octanol–water partition coefficient (Wildman–Crippen LogP) is 0.787. The minimum atomic E-state index is -3.33. The molecule has 0 N–H and O–H groups in total. The van der Waals surface area contributed by atoms with E-state index in [1.54, 1.807) is 29.2 Å². The van der Waals surface area contributed by atoms with Crippen LogP contribution in [0.5, 0.6) is 0 Å². The first-order valence-corrected chi connectivity index (χ1v) is 10.4. The third kappa shape index (κ3) is 3.61. The molecule has 0 unspecified atom stereocenters. The summed E-state index contributed by atoms with van der Waals surface area (Å²) in [6, 6.07) is 6.98. The van der Waals surface area contributed by atoms with Crippen molar-refractivity contribution in [1.29, 1.82) is 0 Å². The third-order valence-electron chi connectivity index (χ3n) is 4.43. The molecule has 0 spiro atoms. The van der Waals surface area contributed by atoms with Gasteiger partial charge < -0.3 is 9.80 Å². The molecular weight excluding hydrogens is 366 g/mol. The average molecular weight is 385 g/mol. The first-order chi connectivity index (χ1) is 13.0. The van der Waals surface area contributed by atoms with Crippen molar-refractivity contribution < 1.29 is 8.42 Å². The number of anilines is 2. The van der Waals surface area contributed by atoms with Gasteiger partial charge in [-0.05, 0) is 18.2 Å². The molecule has 1 aliphatic rings. The van der Waals surface area contributed by atoms with Crippen LogP contribution in [0.3, 0.4) is 0 Å². The van der Waals surface area contributed by atoms with Crippen LogP contribution in [0.15, 0.2) is 54.1 Å². The molecule has 9 nitrogen and oxygen atoms in total. The first kappa shape index (κ1) is 17.4. The number of sulfone groups is 1. The van der Waals surface area contributed by atoms with Crippen LogP contribution in [0.1, 0.15) is 0 Å². The zero-order valence-corrected chi connectivity index (χ0v) is 15.6. The molecule has 1 aliphatic heterocycles. The minimum Gasteiger partial charge on any atom is -0.353 e. The van der Waals surface area contributed by atoms with Crippen LogP contribution >= 0.6 is 0 Å². The van der Waals surface area contributed by atoms with Gasteiger partial charge in [-0.25, -0.2) is 28.1 Å². The highest BCUT2D eigenvalue weighted by Gasteiger charge is 2.24. The maximum Gasteiger partial charge on any atom is 0.179 e. The average Bonchev–Trinajstić information content (AvgIpc) is 3.23. The summed E-state index contributed by atoms with van der Waals surface area (Å²) in [7, 11) is -3.33. The van der Waals surface area contributed by atoms with Gasteiger partial charge in [0.2, 0.25) is 0 Å². The van der Waals surface area contributed by atoms with E-state index in [1.807, 2.05) is 23.2 Å². The van der Waals surface area contributed by atoms with Gasteiger partial charge in [0.15, 0.2) is 15.7 Å². The quantitative estimate of drug-likeness (QED) is 0.650. The third-order valence-corrected chi connectivity index (χ3v) is 5.55. The molecule has 0 aromatic carbocycles. The Bertz CT molecular complexity index is 1030. The number of rotatable bonds is 4. The molecule has 0 bridgehead atoms. The molecule has 4 heterocycles. The molecule has 0 atom stereocenters. The molecule has 27 heavy (non-hydrogen) atoms. The molecular formula is C17H19N7O2S. The van der Waals surface area contributed by atoms with E-state index >= 15 is 0 Å². The second-order valence-corrected chi connectivity index (χ2v) is 8.24. The fraction of sp³-hybridized carbons (Fsp3) is 0.294. The van der Waals surface area contributed by atoms with Crippen LogP contribution in [0.4, 0.5) is 11.6 Å². The van der Waals surface area contributed by atoms with E-state index in [1.165, 1.54) is 12.6 Å². The van der Waals surface area contributed by atoms with Crippen molar-refractivity contribution in [2.24, 2.45) is 0 Å². The standard InChI is InChI=1S/C17H19N7O2S/c1-27(25,26)14-4-2-5-18-17(14)23-10-8-22(9-11-23)15-12-16(20-13-19-15)24-7-3-6-21-24/h2-7,12-13H,8-11H2,1H3. The second kappa shape index (κ2) is 6.95. The van der Waals surface area contributed by atoms with E-state index < -0.39 is 9.84 Å². The smallest absolute Gasteiger partial charge is 0.179 e. The molecule has 1 saturated heterocycles. The molecule has 3 aromatic rings. The van der Waals surface area contributed by atoms with Crippen molar-refractivity contribution in [3.8, 4) is 5.82 Å². The van der Waals surface area contributed by atoms with Gasteiger partial charge in [0.25, 0.3) is 0 Å². The summed E-state index contributed by atoms with van der Waals surface area (Å²) >= 11 is 0. The van der Waals surface area contributed by atoms with E-state index in [0.29, 0.717) is 37.8 Å². The number of nitrogens with zero attached hydrogens (tertiary/aromatic N) is 7. The second-order valence-electron chi connectivity index (χ2n) is 6.26. The van der Waals surface area contributed by atoms with Crippen molar-refractivity contribution >= 4 is 21.5 Å². The maximum atomic E-state index is 12.0. The van der Waals surface area contributed by atoms with Crippen LogP contribution < -0.4 is 9.80 Å². The van der Waals surface area contributed by atoms with E-state index in [-0.39, 0.29) is 4.90 Å². The normalized spacial score (nSPS) is 15.1. The Labute approximate surface area is 157 Å². The Morgan fingerprint density at radius 1 is 0.926 bits per heavy atom. The van der Waals surface area contributed by atoms with Gasteiger partial charge in [0, 0.05) is 57.1 Å². The summed E-state index contributed by atoms with van der Waals surface area (Å²) in [5.41, 5.74) is 0. The van der Waals surface area contributed by atoms with Crippen LogP contribution in [-0.4, -0.2) is 65.6 Å². The fourth-order valence-corrected chi connectivity index (χ4v) is 3.94. The Hall–Kier alpha value is -3.01. The lowest BCUT2D eigenvalue weighted by Gasteiger charge is -2.36. The van der Waals surface area contributed by atoms with E-state index in [4.69, 9.17) is 0 Å². The van der Waals surface area contributed by atoms with Crippen LogP contribution in [0, 0.1) is 0 Å². The summed E-state index contributed by atoms with van der Waals surface area (Å²) in [5, 5.41) is 4.19. The summed E-state index contributed by atoms with van der Waals surface area (Å²) in [4.78, 5) is 17.3. The Morgan fingerprint density at radius 2 is 1.67 bits per heavy atom. The number of hydrogen-bond acceptors (Lipinski definition) is 8. The molecule has 0 aliphatic carbocycles. The predicted molar refractivity (Wildman–Crippen MR) is 101 cm³/mol. The molecule has 140 valence electrons. The van der Waals surface area contributed by atoms with Crippen molar-refractivity contribution in [2.45, 2.75) is 4.90 Å². The van der Waals surface area contributed by atoms with E-state index in [2.05, 4.69) is 25.0 Å². The largest absolute Gasteiger partial charge is 0.353 e. The first-order valence-electron chi connectivity index (χ1n) is 8.49. The lowest BCUT2D eigenvalue weighted by Crippen LogP contribution is -2.47. The number of pyridine rings is 1. The molecule has 0 amide bonds. The summed E-state index contributed by atoms with van der Waals surface area (Å²) < 4.78 is 25.7. The lowest BCUT2D eigenvalue weighted by atomic mass is 10.3. The number of piperazine rings is 1. The van der Waals surface area contributed by atoms with Crippen LogP contribution in [0.25, 0.3) is 5.82 Å². The van der Waals surface area contributed by atoms with Gasteiger partial charge in [-0.15, -0.1) is 0 Å². The SMILES string of the molecule is CS(=O)(=O)c1cccnc1N1CCN(c2cc(-n3cccn3)ncn2)CC1. The zero-order valence-electron chi connectivity index (χ0n) is 14.8. The lowest BCUT2D eigenvalue weighted by molar-refractivity contribution is 0.597. The topological polar surface area (TPSA) is 97.1 Å². The van der Waals surface area contributed by atoms with Crippen LogP contribution in [-0.2, 0) is 9.84 Å².